The first kappa shape index (κ1) is 14.4. The Kier molecular flexibility index (Phi) is 5.54. The largest absolute Gasteiger partial charge is 0.377 e. The van der Waals surface area contributed by atoms with E-state index in [0.29, 0.717) is 13.2 Å². The summed E-state index contributed by atoms with van der Waals surface area (Å²) in [7, 11) is 0. The van der Waals surface area contributed by atoms with E-state index in [1.54, 1.807) is 0 Å². The van der Waals surface area contributed by atoms with Gasteiger partial charge in [0.2, 0.25) is 0 Å². The van der Waals surface area contributed by atoms with Crippen molar-refractivity contribution in [1.29, 1.82) is 0 Å². The fraction of sp³-hybridized carbons (Fsp3) is 0.417. The SMILES string of the molecule is CCOC(C)CNC(=O)c1cccc(F)c1NN. The smallest absolute Gasteiger partial charge is 0.253 e. The van der Waals surface area contributed by atoms with Gasteiger partial charge in [-0.1, -0.05) is 6.07 Å². The first-order chi connectivity index (χ1) is 8.60. The molecular formula is C12H18FN3O2. The number of hydrogen-bond acceptors (Lipinski definition) is 4. The molecule has 1 rings (SSSR count). The maximum atomic E-state index is 13.4. The molecule has 6 heteroatoms. The van der Waals surface area contributed by atoms with Crippen molar-refractivity contribution < 1.29 is 13.9 Å². The summed E-state index contributed by atoms with van der Waals surface area (Å²) in [5, 5.41) is 2.66. The van der Waals surface area contributed by atoms with E-state index in [2.05, 4.69) is 10.7 Å². The fourth-order valence-electron chi connectivity index (χ4n) is 1.54. The number of nitrogens with one attached hydrogen (secondary N) is 2. The van der Waals surface area contributed by atoms with Gasteiger partial charge in [-0.05, 0) is 26.0 Å². The molecule has 0 heterocycles. The summed E-state index contributed by atoms with van der Waals surface area (Å²) in [6.45, 7) is 4.65. The summed E-state index contributed by atoms with van der Waals surface area (Å²) in [4.78, 5) is 11.9. The lowest BCUT2D eigenvalue weighted by Gasteiger charge is -2.14. The first-order valence-corrected chi connectivity index (χ1v) is 5.75. The van der Waals surface area contributed by atoms with Gasteiger partial charge in [0.25, 0.3) is 5.91 Å². The number of amides is 1. The second-order valence-electron chi connectivity index (χ2n) is 3.78. The molecule has 0 fully saturated rings. The lowest BCUT2D eigenvalue weighted by atomic mass is 10.1. The second kappa shape index (κ2) is 6.93. The lowest BCUT2D eigenvalue weighted by molar-refractivity contribution is 0.0695. The van der Waals surface area contributed by atoms with Crippen LogP contribution in [0.25, 0.3) is 0 Å². The average molecular weight is 255 g/mol. The summed E-state index contributed by atoms with van der Waals surface area (Å²) in [6, 6.07) is 4.19. The van der Waals surface area contributed by atoms with E-state index in [9.17, 15) is 9.18 Å². The molecule has 0 spiro atoms. The van der Waals surface area contributed by atoms with Gasteiger partial charge < -0.3 is 15.5 Å². The molecule has 0 aliphatic rings. The summed E-state index contributed by atoms with van der Waals surface area (Å²) < 4.78 is 18.7. The van der Waals surface area contributed by atoms with Gasteiger partial charge in [-0.15, -0.1) is 0 Å². The number of halogens is 1. The summed E-state index contributed by atoms with van der Waals surface area (Å²) in [5.41, 5.74) is 2.34. The number of carbonyl (C=O) groups is 1. The number of para-hydroxylation sites is 1. The summed E-state index contributed by atoms with van der Waals surface area (Å²) in [6.07, 6.45) is -0.0956. The molecule has 0 aliphatic heterocycles. The number of benzene rings is 1. The van der Waals surface area contributed by atoms with Crippen LogP contribution >= 0.6 is 0 Å². The normalized spacial score (nSPS) is 12.0. The zero-order chi connectivity index (χ0) is 13.5. The van der Waals surface area contributed by atoms with Gasteiger partial charge in [-0.2, -0.15) is 0 Å². The Morgan fingerprint density at radius 2 is 2.28 bits per heavy atom. The van der Waals surface area contributed by atoms with Crippen molar-refractivity contribution in [3.8, 4) is 0 Å². The van der Waals surface area contributed by atoms with Crippen molar-refractivity contribution in [2.24, 2.45) is 5.84 Å². The Morgan fingerprint density at radius 3 is 2.89 bits per heavy atom. The van der Waals surface area contributed by atoms with E-state index in [1.807, 2.05) is 13.8 Å². The van der Waals surface area contributed by atoms with Gasteiger partial charge in [-0.3, -0.25) is 10.6 Å². The Hall–Kier alpha value is -1.66. The van der Waals surface area contributed by atoms with E-state index in [0.717, 1.165) is 0 Å². The van der Waals surface area contributed by atoms with Crippen LogP contribution in [0.3, 0.4) is 0 Å². The highest BCUT2D eigenvalue weighted by Crippen LogP contribution is 2.18. The molecule has 4 N–H and O–H groups in total. The molecule has 18 heavy (non-hydrogen) atoms. The maximum absolute atomic E-state index is 13.4. The topological polar surface area (TPSA) is 76.4 Å². The van der Waals surface area contributed by atoms with Crippen molar-refractivity contribution in [2.75, 3.05) is 18.6 Å². The van der Waals surface area contributed by atoms with Gasteiger partial charge in [-0.25, -0.2) is 4.39 Å². The van der Waals surface area contributed by atoms with Crippen molar-refractivity contribution >= 4 is 11.6 Å². The van der Waals surface area contributed by atoms with E-state index in [1.165, 1.54) is 18.2 Å². The molecule has 0 saturated carbocycles. The standard InChI is InChI=1S/C12H18FN3O2/c1-3-18-8(2)7-15-12(17)9-5-4-6-10(13)11(9)16-14/h4-6,8,16H,3,7,14H2,1-2H3,(H,15,17). The molecule has 100 valence electrons. The minimum atomic E-state index is -0.567. The molecule has 1 aromatic rings. The van der Waals surface area contributed by atoms with Gasteiger partial charge >= 0.3 is 0 Å². The van der Waals surface area contributed by atoms with Gasteiger partial charge in [0.1, 0.15) is 5.82 Å². The van der Waals surface area contributed by atoms with Gasteiger partial charge in [0.15, 0.2) is 0 Å². The van der Waals surface area contributed by atoms with Crippen LogP contribution in [-0.4, -0.2) is 25.2 Å². The predicted octanol–water partition coefficient (Wildman–Crippen LogP) is 1.27. The number of nitrogen functional groups attached to an aromatic ring is 1. The molecule has 0 aliphatic carbocycles. The molecule has 0 radical (unpaired) electrons. The maximum Gasteiger partial charge on any atom is 0.253 e. The van der Waals surface area contributed by atoms with Crippen molar-refractivity contribution in [1.82, 2.24) is 5.32 Å². The number of anilines is 1. The number of nitrogens with two attached hydrogens (primary N) is 1. The molecule has 1 unspecified atom stereocenters. The predicted molar refractivity (Wildman–Crippen MR) is 67.6 cm³/mol. The first-order valence-electron chi connectivity index (χ1n) is 5.75. The Morgan fingerprint density at radius 1 is 1.56 bits per heavy atom. The van der Waals surface area contributed by atoms with Crippen LogP contribution in [0, 0.1) is 5.82 Å². The minimum absolute atomic E-state index is 0.0148. The van der Waals surface area contributed by atoms with Crippen molar-refractivity contribution in [3.05, 3.63) is 29.6 Å². The van der Waals surface area contributed by atoms with Crippen LogP contribution in [0.5, 0.6) is 0 Å². The molecule has 5 nitrogen and oxygen atoms in total. The minimum Gasteiger partial charge on any atom is -0.377 e. The number of hydrazine groups is 1. The van der Waals surface area contributed by atoms with Crippen LogP contribution in [0.15, 0.2) is 18.2 Å². The lowest BCUT2D eigenvalue weighted by Crippen LogP contribution is -2.33. The molecular weight excluding hydrogens is 237 g/mol. The second-order valence-corrected chi connectivity index (χ2v) is 3.78. The highest BCUT2D eigenvalue weighted by atomic mass is 19.1. The summed E-state index contributed by atoms with van der Waals surface area (Å²) in [5.74, 6) is 4.24. The quantitative estimate of drug-likeness (QED) is 0.528. The Labute approximate surface area is 105 Å². The average Bonchev–Trinajstić information content (AvgIpc) is 2.36. The van der Waals surface area contributed by atoms with E-state index in [4.69, 9.17) is 10.6 Å². The van der Waals surface area contributed by atoms with E-state index in [-0.39, 0.29) is 17.4 Å². The third-order valence-corrected chi connectivity index (χ3v) is 2.40. The molecule has 1 atom stereocenters. The van der Waals surface area contributed by atoms with E-state index < -0.39 is 11.7 Å². The van der Waals surface area contributed by atoms with Gasteiger partial charge in [0.05, 0.1) is 17.4 Å². The molecule has 0 saturated heterocycles. The Balaban J connectivity index is 2.70. The molecule has 0 bridgehead atoms. The summed E-state index contributed by atoms with van der Waals surface area (Å²) >= 11 is 0. The zero-order valence-electron chi connectivity index (χ0n) is 10.5. The van der Waals surface area contributed by atoms with E-state index >= 15 is 0 Å². The monoisotopic (exact) mass is 255 g/mol. The zero-order valence-corrected chi connectivity index (χ0v) is 10.5. The Bertz CT molecular complexity index is 412. The number of rotatable bonds is 6. The molecule has 0 aromatic heterocycles. The highest BCUT2D eigenvalue weighted by molar-refractivity contribution is 5.99. The van der Waals surface area contributed by atoms with Crippen LogP contribution in [-0.2, 0) is 4.74 Å². The van der Waals surface area contributed by atoms with Crippen LogP contribution in [0.2, 0.25) is 0 Å². The van der Waals surface area contributed by atoms with Crippen molar-refractivity contribution in [2.45, 2.75) is 20.0 Å². The fourth-order valence-corrected chi connectivity index (χ4v) is 1.54. The van der Waals surface area contributed by atoms with Crippen LogP contribution in [0.4, 0.5) is 10.1 Å². The van der Waals surface area contributed by atoms with Crippen LogP contribution < -0.4 is 16.6 Å². The number of hydrogen-bond donors (Lipinski definition) is 3. The van der Waals surface area contributed by atoms with Crippen LogP contribution in [0.1, 0.15) is 24.2 Å². The molecule has 1 amide bonds. The highest BCUT2D eigenvalue weighted by Gasteiger charge is 2.14. The number of ether oxygens (including phenoxy) is 1. The third-order valence-electron chi connectivity index (χ3n) is 2.40. The number of carbonyl (C=O) groups excluding carboxylic acids is 1. The third kappa shape index (κ3) is 3.68. The van der Waals surface area contributed by atoms with Crippen molar-refractivity contribution in [3.63, 3.8) is 0 Å². The molecule has 1 aromatic carbocycles. The van der Waals surface area contributed by atoms with Gasteiger partial charge in [0, 0.05) is 13.2 Å².